The fourth-order valence-corrected chi connectivity index (χ4v) is 2.76. The summed E-state index contributed by atoms with van der Waals surface area (Å²) < 4.78 is 0. The van der Waals surface area contributed by atoms with Crippen LogP contribution in [-0.4, -0.2) is 36.5 Å². The quantitative estimate of drug-likeness (QED) is 0.747. The van der Waals surface area contributed by atoms with Crippen molar-refractivity contribution in [2.24, 2.45) is 5.41 Å². The lowest BCUT2D eigenvalue weighted by atomic mass is 9.92. The molecule has 1 saturated heterocycles. The van der Waals surface area contributed by atoms with Gasteiger partial charge in [-0.15, -0.1) is 0 Å². The molecule has 0 aromatic rings. The molecule has 3 nitrogen and oxygen atoms in total. The van der Waals surface area contributed by atoms with Crippen molar-refractivity contribution in [1.82, 2.24) is 10.6 Å². The third-order valence-electron chi connectivity index (χ3n) is 2.71. The van der Waals surface area contributed by atoms with E-state index in [0.717, 1.165) is 6.54 Å². The molecule has 0 aliphatic carbocycles. The van der Waals surface area contributed by atoms with Gasteiger partial charge in [0.05, 0.1) is 5.41 Å². The van der Waals surface area contributed by atoms with Gasteiger partial charge in [-0.2, -0.15) is 11.8 Å². The van der Waals surface area contributed by atoms with E-state index in [9.17, 15) is 4.79 Å². The first-order valence-electron chi connectivity index (χ1n) is 5.65. The van der Waals surface area contributed by atoms with Gasteiger partial charge in [0.2, 0.25) is 5.91 Å². The largest absolute Gasteiger partial charge is 0.356 e. The van der Waals surface area contributed by atoms with Gasteiger partial charge in [-0.3, -0.25) is 4.79 Å². The molecule has 2 N–H and O–H groups in total. The molecule has 1 atom stereocenters. The van der Waals surface area contributed by atoms with E-state index in [1.807, 2.05) is 32.5 Å². The van der Waals surface area contributed by atoms with Crippen molar-refractivity contribution in [2.45, 2.75) is 33.2 Å². The van der Waals surface area contributed by atoms with Crippen LogP contribution in [0.3, 0.4) is 0 Å². The number of nitrogens with one attached hydrogen (secondary N) is 2. The molecule has 4 heteroatoms. The number of amides is 1. The van der Waals surface area contributed by atoms with Gasteiger partial charge in [-0.1, -0.05) is 0 Å². The summed E-state index contributed by atoms with van der Waals surface area (Å²) in [7, 11) is 0. The fourth-order valence-electron chi connectivity index (χ4n) is 1.58. The number of carbonyl (C=O) groups excluding carboxylic acids is 1. The van der Waals surface area contributed by atoms with Crippen LogP contribution in [0.2, 0.25) is 0 Å². The highest BCUT2D eigenvalue weighted by atomic mass is 32.2. The maximum atomic E-state index is 11.7. The first kappa shape index (κ1) is 12.8. The second-order valence-electron chi connectivity index (χ2n) is 4.68. The predicted molar refractivity (Wildman–Crippen MR) is 66.2 cm³/mol. The summed E-state index contributed by atoms with van der Waals surface area (Å²) in [6.07, 6.45) is 1.23. The van der Waals surface area contributed by atoms with Gasteiger partial charge in [-0.05, 0) is 32.9 Å². The van der Waals surface area contributed by atoms with Gasteiger partial charge >= 0.3 is 0 Å². The van der Waals surface area contributed by atoms with E-state index < -0.39 is 0 Å². The first-order valence-corrected chi connectivity index (χ1v) is 6.81. The van der Waals surface area contributed by atoms with Gasteiger partial charge in [0.1, 0.15) is 0 Å². The minimum Gasteiger partial charge on any atom is -0.356 e. The molecule has 0 aromatic heterocycles. The van der Waals surface area contributed by atoms with E-state index in [1.54, 1.807) is 0 Å². The van der Waals surface area contributed by atoms with Crippen molar-refractivity contribution in [2.75, 3.05) is 24.6 Å². The number of hydrogen-bond donors (Lipinski definition) is 2. The van der Waals surface area contributed by atoms with Crippen LogP contribution in [0.1, 0.15) is 27.2 Å². The minimum absolute atomic E-state index is 0.142. The van der Waals surface area contributed by atoms with Gasteiger partial charge in [-0.25, -0.2) is 0 Å². The van der Waals surface area contributed by atoms with E-state index in [4.69, 9.17) is 0 Å². The second kappa shape index (κ2) is 5.75. The van der Waals surface area contributed by atoms with Crippen LogP contribution in [0, 0.1) is 5.41 Å². The van der Waals surface area contributed by atoms with Crippen molar-refractivity contribution in [3.63, 3.8) is 0 Å². The van der Waals surface area contributed by atoms with Gasteiger partial charge in [0, 0.05) is 24.9 Å². The van der Waals surface area contributed by atoms with Gasteiger partial charge in [0.15, 0.2) is 0 Å². The molecule has 15 heavy (non-hydrogen) atoms. The first-order chi connectivity index (χ1) is 7.06. The minimum atomic E-state index is -0.302. The fraction of sp³-hybridized carbons (Fsp3) is 0.909. The third kappa shape index (κ3) is 4.03. The zero-order valence-electron chi connectivity index (χ0n) is 9.93. The number of carbonyl (C=O) groups is 1. The molecule has 0 spiro atoms. The van der Waals surface area contributed by atoms with Crippen LogP contribution >= 0.6 is 11.8 Å². The summed E-state index contributed by atoms with van der Waals surface area (Å²) in [6.45, 7) is 7.42. The zero-order valence-corrected chi connectivity index (χ0v) is 10.7. The normalized spacial score (nSPS) is 21.7. The molecule has 1 fully saturated rings. The SMILES string of the molecule is CCNC(=O)C(C)(C)CNC1CCSC1. The van der Waals surface area contributed by atoms with Crippen molar-refractivity contribution >= 4 is 17.7 Å². The van der Waals surface area contributed by atoms with Crippen LogP contribution in [0.15, 0.2) is 0 Å². The van der Waals surface area contributed by atoms with Crippen LogP contribution in [0.5, 0.6) is 0 Å². The highest BCUT2D eigenvalue weighted by molar-refractivity contribution is 7.99. The zero-order chi connectivity index (χ0) is 11.3. The molecule has 1 unspecified atom stereocenters. The van der Waals surface area contributed by atoms with Crippen LogP contribution < -0.4 is 10.6 Å². The summed E-state index contributed by atoms with van der Waals surface area (Å²) >= 11 is 1.99. The number of rotatable bonds is 5. The summed E-state index contributed by atoms with van der Waals surface area (Å²) in [4.78, 5) is 11.7. The predicted octanol–water partition coefficient (Wildman–Crippen LogP) is 1.24. The molecule has 1 aliphatic rings. The Morgan fingerprint density at radius 3 is 2.80 bits per heavy atom. The molecule has 1 rings (SSSR count). The molecule has 1 aliphatic heterocycles. The summed E-state index contributed by atoms with van der Waals surface area (Å²) in [5.41, 5.74) is -0.302. The summed E-state index contributed by atoms with van der Waals surface area (Å²) in [5.74, 6) is 2.58. The summed E-state index contributed by atoms with van der Waals surface area (Å²) in [6, 6.07) is 0.601. The Hall–Kier alpha value is -0.220. The standard InChI is InChI=1S/C11H22N2OS/c1-4-12-10(14)11(2,3)8-13-9-5-6-15-7-9/h9,13H,4-8H2,1-3H3,(H,12,14). The monoisotopic (exact) mass is 230 g/mol. The van der Waals surface area contributed by atoms with E-state index in [0.29, 0.717) is 12.6 Å². The highest BCUT2D eigenvalue weighted by Gasteiger charge is 2.28. The molecular formula is C11H22N2OS. The van der Waals surface area contributed by atoms with Gasteiger partial charge < -0.3 is 10.6 Å². The number of thioether (sulfide) groups is 1. The van der Waals surface area contributed by atoms with Crippen molar-refractivity contribution < 1.29 is 4.79 Å². The molecule has 0 aromatic carbocycles. The Morgan fingerprint density at radius 1 is 1.53 bits per heavy atom. The molecule has 0 saturated carbocycles. The van der Waals surface area contributed by atoms with E-state index in [-0.39, 0.29) is 11.3 Å². The average Bonchev–Trinajstić information content (AvgIpc) is 2.68. The maximum Gasteiger partial charge on any atom is 0.226 e. The lowest BCUT2D eigenvalue weighted by Crippen LogP contribution is -2.46. The summed E-state index contributed by atoms with van der Waals surface area (Å²) in [5, 5.41) is 6.36. The maximum absolute atomic E-state index is 11.7. The Kier molecular flexibility index (Phi) is 4.93. The molecule has 1 heterocycles. The lowest BCUT2D eigenvalue weighted by molar-refractivity contribution is -0.129. The average molecular weight is 230 g/mol. The van der Waals surface area contributed by atoms with E-state index >= 15 is 0 Å². The topological polar surface area (TPSA) is 41.1 Å². The van der Waals surface area contributed by atoms with E-state index in [1.165, 1.54) is 17.9 Å². The molecule has 0 bridgehead atoms. The van der Waals surface area contributed by atoms with Crippen molar-refractivity contribution in [1.29, 1.82) is 0 Å². The molecule has 88 valence electrons. The van der Waals surface area contributed by atoms with Gasteiger partial charge in [0.25, 0.3) is 0 Å². The third-order valence-corrected chi connectivity index (χ3v) is 3.88. The van der Waals surface area contributed by atoms with Crippen LogP contribution in [-0.2, 0) is 4.79 Å². The highest BCUT2D eigenvalue weighted by Crippen LogP contribution is 2.19. The van der Waals surface area contributed by atoms with Crippen LogP contribution in [0.25, 0.3) is 0 Å². The Morgan fingerprint density at radius 2 is 2.27 bits per heavy atom. The number of hydrogen-bond acceptors (Lipinski definition) is 3. The molecule has 1 amide bonds. The van der Waals surface area contributed by atoms with Crippen LogP contribution in [0.4, 0.5) is 0 Å². The Balaban J connectivity index is 2.30. The Labute approximate surface area is 96.8 Å². The molecular weight excluding hydrogens is 208 g/mol. The van der Waals surface area contributed by atoms with E-state index in [2.05, 4.69) is 10.6 Å². The smallest absolute Gasteiger partial charge is 0.226 e. The Bertz CT molecular complexity index is 213. The van der Waals surface area contributed by atoms with Crippen molar-refractivity contribution in [3.05, 3.63) is 0 Å². The van der Waals surface area contributed by atoms with Crippen molar-refractivity contribution in [3.8, 4) is 0 Å². The second-order valence-corrected chi connectivity index (χ2v) is 5.83. The lowest BCUT2D eigenvalue weighted by Gasteiger charge is -2.25. The molecule has 0 radical (unpaired) electrons.